The predicted molar refractivity (Wildman–Crippen MR) is 125 cm³/mol. The molecular formula is C23H16Cl2N4O4. The van der Waals surface area contributed by atoms with Crippen LogP contribution < -0.4 is 10.9 Å². The maximum absolute atomic E-state index is 13.0. The summed E-state index contributed by atoms with van der Waals surface area (Å²) in [7, 11) is 0. The quantitative estimate of drug-likeness (QED) is 0.426. The minimum Gasteiger partial charge on any atom is -0.448 e. The molecule has 1 unspecified atom stereocenters. The van der Waals surface area contributed by atoms with E-state index in [1.807, 2.05) is 0 Å². The molecule has 2 aromatic carbocycles. The Balaban J connectivity index is 1.64. The van der Waals surface area contributed by atoms with Crippen molar-refractivity contribution in [3.63, 3.8) is 0 Å². The Morgan fingerprint density at radius 3 is 2.39 bits per heavy atom. The first-order chi connectivity index (χ1) is 15.8. The lowest BCUT2D eigenvalue weighted by Crippen LogP contribution is -2.32. The number of para-hydroxylation sites is 1. The fourth-order valence-electron chi connectivity index (χ4n) is 3.08. The largest absolute Gasteiger partial charge is 0.448 e. The van der Waals surface area contributed by atoms with E-state index >= 15 is 0 Å². The topological polar surface area (TPSA) is 103 Å². The number of nitrogens with one attached hydrogen (secondary N) is 1. The van der Waals surface area contributed by atoms with Gasteiger partial charge < -0.3 is 10.1 Å². The average molecular weight is 483 g/mol. The number of carbonyl (C=O) groups is 2. The van der Waals surface area contributed by atoms with Gasteiger partial charge in [0.05, 0.1) is 21.1 Å². The minimum atomic E-state index is -1.20. The Morgan fingerprint density at radius 1 is 1.03 bits per heavy atom. The number of nitrogens with zero attached hydrogens (tertiary/aromatic N) is 3. The number of halogens is 2. The number of amides is 1. The van der Waals surface area contributed by atoms with Crippen molar-refractivity contribution in [2.24, 2.45) is 0 Å². The second-order valence-corrected chi connectivity index (χ2v) is 7.81. The molecule has 0 saturated heterocycles. The molecule has 33 heavy (non-hydrogen) atoms. The average Bonchev–Trinajstić information content (AvgIpc) is 2.81. The van der Waals surface area contributed by atoms with Gasteiger partial charge in [-0.15, -0.1) is 0 Å². The highest BCUT2D eigenvalue weighted by Crippen LogP contribution is 2.23. The van der Waals surface area contributed by atoms with Gasteiger partial charge in [0, 0.05) is 11.6 Å². The summed E-state index contributed by atoms with van der Waals surface area (Å²) < 4.78 is 6.47. The highest BCUT2D eigenvalue weighted by Gasteiger charge is 2.24. The Morgan fingerprint density at radius 2 is 1.70 bits per heavy atom. The number of rotatable bonds is 5. The summed E-state index contributed by atoms with van der Waals surface area (Å²) in [5.41, 5.74) is -0.00417. The molecule has 10 heteroatoms. The van der Waals surface area contributed by atoms with E-state index in [2.05, 4.69) is 15.4 Å². The van der Waals surface area contributed by atoms with E-state index in [0.29, 0.717) is 16.1 Å². The standard InChI is InChI=1S/C23H16Cl2N4O4/c1-13(21(30)27-20-18(25)11-14(24)12-26-20)33-23(32)19-16-9-5-6-10-17(16)22(31)29(28-19)15-7-3-2-4-8-15/h2-13H,1H3,(H,26,27,30). The van der Waals surface area contributed by atoms with Gasteiger partial charge in [0.1, 0.15) is 0 Å². The maximum atomic E-state index is 13.0. The van der Waals surface area contributed by atoms with Gasteiger partial charge in [-0.25, -0.2) is 9.78 Å². The van der Waals surface area contributed by atoms with Crippen LogP contribution in [-0.2, 0) is 9.53 Å². The van der Waals surface area contributed by atoms with Crippen molar-refractivity contribution in [2.45, 2.75) is 13.0 Å². The molecule has 1 N–H and O–H groups in total. The molecule has 0 radical (unpaired) electrons. The van der Waals surface area contributed by atoms with Crippen molar-refractivity contribution in [3.05, 3.63) is 93.0 Å². The van der Waals surface area contributed by atoms with Gasteiger partial charge in [-0.1, -0.05) is 59.6 Å². The number of esters is 1. The van der Waals surface area contributed by atoms with Gasteiger partial charge >= 0.3 is 5.97 Å². The number of carbonyl (C=O) groups excluding carboxylic acids is 2. The molecule has 8 nitrogen and oxygen atoms in total. The van der Waals surface area contributed by atoms with Crippen molar-refractivity contribution in [2.75, 3.05) is 5.32 Å². The lowest BCUT2D eigenvalue weighted by atomic mass is 10.1. The van der Waals surface area contributed by atoms with Crippen molar-refractivity contribution in [3.8, 4) is 5.69 Å². The van der Waals surface area contributed by atoms with Gasteiger partial charge in [0.15, 0.2) is 17.6 Å². The number of hydrogen-bond donors (Lipinski definition) is 1. The first kappa shape index (κ1) is 22.4. The van der Waals surface area contributed by atoms with Crippen LogP contribution in [0.2, 0.25) is 10.0 Å². The first-order valence-electron chi connectivity index (χ1n) is 9.75. The second-order valence-electron chi connectivity index (χ2n) is 6.97. The minimum absolute atomic E-state index is 0.0789. The normalized spacial score (nSPS) is 11.7. The van der Waals surface area contributed by atoms with Gasteiger partial charge in [0.2, 0.25) is 0 Å². The lowest BCUT2D eigenvalue weighted by Gasteiger charge is -2.15. The molecule has 0 bridgehead atoms. The van der Waals surface area contributed by atoms with Crippen molar-refractivity contribution in [1.82, 2.24) is 14.8 Å². The highest BCUT2D eigenvalue weighted by molar-refractivity contribution is 6.36. The van der Waals surface area contributed by atoms with Crippen LogP contribution >= 0.6 is 23.2 Å². The Kier molecular flexibility index (Phi) is 6.39. The number of aromatic nitrogens is 3. The number of benzene rings is 2. The maximum Gasteiger partial charge on any atom is 0.360 e. The van der Waals surface area contributed by atoms with Gasteiger partial charge in [0.25, 0.3) is 11.5 Å². The molecule has 0 fully saturated rings. The van der Waals surface area contributed by atoms with Crippen LogP contribution in [0.25, 0.3) is 16.5 Å². The third-order valence-corrected chi connectivity index (χ3v) is 5.20. The SMILES string of the molecule is CC(OC(=O)c1nn(-c2ccccc2)c(=O)c2ccccc12)C(=O)Nc1ncc(Cl)cc1Cl. The molecule has 0 saturated carbocycles. The summed E-state index contributed by atoms with van der Waals surface area (Å²) in [4.78, 5) is 42.4. The van der Waals surface area contributed by atoms with Crippen molar-refractivity contribution >= 4 is 51.7 Å². The third-order valence-electron chi connectivity index (χ3n) is 4.70. The van der Waals surface area contributed by atoms with Crippen LogP contribution in [0.3, 0.4) is 0 Å². The molecule has 2 heterocycles. The number of fused-ring (bicyclic) bond motifs is 1. The Hall–Kier alpha value is -3.75. The second kappa shape index (κ2) is 9.40. The molecule has 166 valence electrons. The monoisotopic (exact) mass is 482 g/mol. The predicted octanol–water partition coefficient (Wildman–Crippen LogP) is 4.27. The smallest absolute Gasteiger partial charge is 0.360 e. The van der Waals surface area contributed by atoms with Crippen LogP contribution in [0, 0.1) is 0 Å². The summed E-state index contributed by atoms with van der Waals surface area (Å²) in [6.07, 6.45) is 0.117. The molecule has 1 amide bonds. The molecule has 0 aliphatic carbocycles. The lowest BCUT2D eigenvalue weighted by molar-refractivity contribution is -0.123. The van der Waals surface area contributed by atoms with E-state index in [1.54, 1.807) is 54.6 Å². The van der Waals surface area contributed by atoms with Crippen LogP contribution in [0.4, 0.5) is 5.82 Å². The van der Waals surface area contributed by atoms with Crippen LogP contribution in [0.1, 0.15) is 17.4 Å². The summed E-state index contributed by atoms with van der Waals surface area (Å²) >= 11 is 11.8. The fourth-order valence-corrected chi connectivity index (χ4v) is 3.51. The number of hydrogen-bond acceptors (Lipinski definition) is 6. The van der Waals surface area contributed by atoms with Crippen molar-refractivity contribution < 1.29 is 14.3 Å². The zero-order chi connectivity index (χ0) is 23.5. The van der Waals surface area contributed by atoms with E-state index in [1.165, 1.54) is 19.2 Å². The van der Waals surface area contributed by atoms with Crippen LogP contribution in [0.5, 0.6) is 0 Å². The van der Waals surface area contributed by atoms with E-state index in [-0.39, 0.29) is 27.5 Å². The molecule has 4 aromatic rings. The van der Waals surface area contributed by atoms with E-state index in [0.717, 1.165) is 4.68 Å². The third kappa shape index (κ3) is 4.72. The summed E-state index contributed by atoms with van der Waals surface area (Å²) in [5, 5.41) is 7.77. The highest BCUT2D eigenvalue weighted by atomic mass is 35.5. The fraction of sp³-hybridized carbons (Fsp3) is 0.0870. The van der Waals surface area contributed by atoms with Gasteiger partial charge in [-0.3, -0.25) is 9.59 Å². The molecule has 2 aromatic heterocycles. The molecule has 0 spiro atoms. The molecule has 0 aliphatic heterocycles. The van der Waals surface area contributed by atoms with E-state index in [4.69, 9.17) is 27.9 Å². The van der Waals surface area contributed by atoms with Crippen LogP contribution in [0.15, 0.2) is 71.7 Å². The van der Waals surface area contributed by atoms with E-state index in [9.17, 15) is 14.4 Å². The number of ether oxygens (including phenoxy) is 1. The Bertz CT molecular complexity index is 1420. The van der Waals surface area contributed by atoms with Gasteiger partial charge in [-0.05, 0) is 31.2 Å². The summed E-state index contributed by atoms with van der Waals surface area (Å²) in [6, 6.07) is 16.7. The van der Waals surface area contributed by atoms with Crippen molar-refractivity contribution in [1.29, 1.82) is 0 Å². The first-order valence-corrected chi connectivity index (χ1v) is 10.5. The number of pyridine rings is 1. The summed E-state index contributed by atoms with van der Waals surface area (Å²) in [6.45, 7) is 1.40. The zero-order valence-corrected chi connectivity index (χ0v) is 18.7. The molecule has 4 rings (SSSR count). The molecule has 0 aliphatic rings. The summed E-state index contributed by atoms with van der Waals surface area (Å²) in [5.74, 6) is -1.44. The Labute approximate surface area is 197 Å². The molecule has 1 atom stereocenters. The van der Waals surface area contributed by atoms with Crippen LogP contribution in [-0.4, -0.2) is 32.7 Å². The van der Waals surface area contributed by atoms with Gasteiger partial charge in [-0.2, -0.15) is 9.78 Å². The molecular weight excluding hydrogens is 467 g/mol. The van der Waals surface area contributed by atoms with E-state index < -0.39 is 18.0 Å². The zero-order valence-electron chi connectivity index (χ0n) is 17.2. The number of anilines is 1.